The minimum atomic E-state index is -1.86. The van der Waals surface area contributed by atoms with Crippen LogP contribution in [0, 0.1) is 18.1 Å². The molecule has 0 unspecified atom stereocenters. The van der Waals surface area contributed by atoms with Crippen LogP contribution in [0.15, 0.2) is 150 Å². The summed E-state index contributed by atoms with van der Waals surface area (Å²) in [6.45, 7) is 4.57. The SMILES string of the molecule is CC(C)Cc1cc(-c2[c-]cccc2)nc[c]1[Ge]([CH3])([CH3])[CH3].[Ir].[c-]1ccc2c(oc3ncccc32)c1-c1nc2ccccc2n1-c1ccccc1-c1ccccc1. The first-order valence-corrected chi connectivity index (χ1v) is 25.9. The minimum absolute atomic E-state index is 0. The van der Waals surface area contributed by atoms with Gasteiger partial charge < -0.3 is 8.98 Å². The van der Waals surface area contributed by atoms with E-state index in [1.165, 1.54) is 5.56 Å². The first-order chi connectivity index (χ1) is 26.3. The molecule has 4 aromatic heterocycles. The first-order valence-electron chi connectivity index (χ1n) is 18.5. The molecule has 5 nitrogen and oxygen atoms in total. The molecule has 0 bridgehead atoms. The summed E-state index contributed by atoms with van der Waals surface area (Å²) in [5.74, 6) is 8.78. The zero-order valence-electron chi connectivity index (χ0n) is 31.7. The number of rotatable bonds is 7. The van der Waals surface area contributed by atoms with Crippen molar-refractivity contribution < 1.29 is 24.5 Å². The molecule has 0 aliphatic heterocycles. The van der Waals surface area contributed by atoms with Gasteiger partial charge in [0.25, 0.3) is 0 Å². The van der Waals surface area contributed by atoms with Crippen LogP contribution in [-0.4, -0.2) is 32.8 Å². The molecule has 9 aromatic rings. The molecule has 0 spiro atoms. The van der Waals surface area contributed by atoms with Gasteiger partial charge in [-0.2, -0.15) is 0 Å². The Hall–Kier alpha value is -5.14. The maximum absolute atomic E-state index is 6.24. The van der Waals surface area contributed by atoms with Crippen molar-refractivity contribution in [2.75, 3.05) is 0 Å². The summed E-state index contributed by atoms with van der Waals surface area (Å²) in [4.78, 5) is 14.2. The number of furan rings is 1. The Morgan fingerprint density at radius 3 is 2.29 bits per heavy atom. The van der Waals surface area contributed by atoms with Gasteiger partial charge in [-0.3, -0.25) is 4.98 Å². The monoisotopic (exact) mass is 957 g/mol. The number of fused-ring (bicyclic) bond motifs is 4. The summed E-state index contributed by atoms with van der Waals surface area (Å²) in [6.07, 6.45) is 5.02. The van der Waals surface area contributed by atoms with Gasteiger partial charge in [0.1, 0.15) is 0 Å². The number of pyridine rings is 2. The maximum atomic E-state index is 6.24. The standard InChI is InChI=1S/C30H18N3O.C18H24GeN.Ir/c1-2-10-20(11-3-1)21-12-4-6-17-26(21)33-27-18-7-5-16-25(27)32-29(33)24-14-8-13-22-23-15-9-19-31-30(23)34-28(22)24;1-14(2)11-16-12-18(15-9-7-6-8-10-15)20-13-17(16)19(3,4)5;/h1-13,15-19H;6-9,12-14H,11H2,1-5H3;/q2*-1;. The van der Waals surface area contributed by atoms with E-state index in [9.17, 15) is 0 Å². The fraction of sp³-hybridized carbons (Fsp3) is 0.146. The summed E-state index contributed by atoms with van der Waals surface area (Å²) in [6, 6.07) is 52.1. The summed E-state index contributed by atoms with van der Waals surface area (Å²) < 4.78 is 10.00. The molecule has 1 radical (unpaired) electrons. The van der Waals surface area contributed by atoms with Gasteiger partial charge in [-0.25, -0.2) is 4.98 Å². The van der Waals surface area contributed by atoms with Crippen molar-refractivity contribution in [3.8, 4) is 39.5 Å². The quantitative estimate of drug-likeness (QED) is 0.118. The molecule has 0 N–H and O–H groups in total. The summed E-state index contributed by atoms with van der Waals surface area (Å²) in [5.41, 5.74) is 11.1. The largest absolute Gasteiger partial charge is 0.486 e. The molecule has 4 heterocycles. The van der Waals surface area contributed by atoms with Crippen molar-refractivity contribution in [2.24, 2.45) is 5.92 Å². The van der Waals surface area contributed by atoms with Gasteiger partial charge >= 0.3 is 126 Å². The fourth-order valence-electron chi connectivity index (χ4n) is 7.19. The molecule has 5 aromatic carbocycles. The summed E-state index contributed by atoms with van der Waals surface area (Å²) in [5, 5.41) is 1.99. The van der Waals surface area contributed by atoms with Crippen molar-refractivity contribution in [1.29, 1.82) is 0 Å². The summed E-state index contributed by atoms with van der Waals surface area (Å²) in [7, 11) is 0. The van der Waals surface area contributed by atoms with Crippen molar-refractivity contribution in [2.45, 2.75) is 37.5 Å². The number of para-hydroxylation sites is 3. The van der Waals surface area contributed by atoms with Crippen LogP contribution < -0.4 is 4.40 Å². The van der Waals surface area contributed by atoms with Crippen LogP contribution in [0.25, 0.3) is 72.6 Å². The Morgan fingerprint density at radius 1 is 0.745 bits per heavy atom. The number of imidazole rings is 1. The second-order valence-corrected chi connectivity index (χ2v) is 25.6. The Balaban J connectivity index is 0.000000191. The number of benzene rings is 5. The van der Waals surface area contributed by atoms with Crippen LogP contribution in [0.4, 0.5) is 0 Å². The minimum Gasteiger partial charge on any atom is -0.486 e. The average molecular weight is 956 g/mol. The third-order valence-corrected chi connectivity index (χ3v) is 14.0. The molecule has 55 heavy (non-hydrogen) atoms. The topological polar surface area (TPSA) is 56.7 Å². The van der Waals surface area contributed by atoms with Crippen molar-refractivity contribution in [3.63, 3.8) is 0 Å². The molecule has 0 saturated carbocycles. The van der Waals surface area contributed by atoms with E-state index in [1.54, 1.807) is 10.6 Å². The average Bonchev–Trinajstić information content (AvgIpc) is 3.77. The Labute approximate surface area is 339 Å². The van der Waals surface area contributed by atoms with Gasteiger partial charge in [0.2, 0.25) is 5.71 Å². The van der Waals surface area contributed by atoms with E-state index in [4.69, 9.17) is 14.4 Å². The van der Waals surface area contributed by atoms with Gasteiger partial charge in [-0.15, -0.1) is 18.2 Å². The number of nitrogens with zero attached hydrogens (tertiary/aromatic N) is 4. The van der Waals surface area contributed by atoms with E-state index in [1.807, 2.05) is 66.7 Å². The molecule has 0 atom stereocenters. The zero-order chi connectivity index (χ0) is 37.2. The fourth-order valence-corrected chi connectivity index (χ4v) is 10.5. The van der Waals surface area contributed by atoms with E-state index in [0.29, 0.717) is 11.6 Å². The van der Waals surface area contributed by atoms with E-state index in [2.05, 4.69) is 126 Å². The molecule has 275 valence electrons. The van der Waals surface area contributed by atoms with Crippen LogP contribution in [0.3, 0.4) is 0 Å². The predicted octanol–water partition coefficient (Wildman–Crippen LogP) is 11.7. The normalized spacial score (nSPS) is 11.5. The molecule has 0 aliphatic carbocycles. The molecule has 0 aliphatic rings. The van der Waals surface area contributed by atoms with Crippen LogP contribution in [-0.2, 0) is 26.5 Å². The molecule has 0 amide bonds. The zero-order valence-corrected chi connectivity index (χ0v) is 36.2. The molecular weight excluding hydrogens is 913 g/mol. The van der Waals surface area contributed by atoms with Gasteiger partial charge in [-0.05, 0) is 35.9 Å². The van der Waals surface area contributed by atoms with Crippen molar-refractivity contribution >= 4 is 50.8 Å². The van der Waals surface area contributed by atoms with Gasteiger partial charge in [-0.1, -0.05) is 71.6 Å². The Morgan fingerprint density at radius 2 is 1.51 bits per heavy atom. The molecular formula is C48H42GeIrN4O-2. The van der Waals surface area contributed by atoms with Gasteiger partial charge in [0.05, 0.1) is 22.4 Å². The van der Waals surface area contributed by atoms with E-state index >= 15 is 0 Å². The number of aromatic nitrogens is 4. The van der Waals surface area contributed by atoms with Crippen LogP contribution in [0.5, 0.6) is 0 Å². The Kier molecular flexibility index (Phi) is 11.3. The van der Waals surface area contributed by atoms with Gasteiger partial charge in [0.15, 0.2) is 0 Å². The van der Waals surface area contributed by atoms with Crippen LogP contribution in [0.1, 0.15) is 19.4 Å². The molecule has 9 rings (SSSR count). The third kappa shape index (κ3) is 7.86. The van der Waals surface area contributed by atoms with Gasteiger partial charge in [0, 0.05) is 42.9 Å². The number of hydrogen-bond acceptors (Lipinski definition) is 4. The first kappa shape index (κ1) is 38.1. The predicted molar refractivity (Wildman–Crippen MR) is 226 cm³/mol. The van der Waals surface area contributed by atoms with E-state index < -0.39 is 13.3 Å². The smallest absolute Gasteiger partial charge is 0.216 e. The summed E-state index contributed by atoms with van der Waals surface area (Å²) >= 11 is -1.86. The van der Waals surface area contributed by atoms with Crippen LogP contribution >= 0.6 is 0 Å². The maximum Gasteiger partial charge on any atom is 0.216 e. The van der Waals surface area contributed by atoms with Crippen LogP contribution in [0.2, 0.25) is 17.3 Å². The second-order valence-electron chi connectivity index (χ2n) is 15.0. The van der Waals surface area contributed by atoms with E-state index in [0.717, 1.165) is 73.3 Å². The van der Waals surface area contributed by atoms with Crippen molar-refractivity contribution in [1.82, 2.24) is 19.5 Å². The second kappa shape index (κ2) is 16.3. The van der Waals surface area contributed by atoms with E-state index in [-0.39, 0.29) is 20.1 Å². The molecule has 0 fully saturated rings. The number of hydrogen-bond donors (Lipinski definition) is 0. The molecule has 7 heteroatoms. The molecule has 0 saturated heterocycles. The van der Waals surface area contributed by atoms with Crippen molar-refractivity contribution in [3.05, 3.63) is 164 Å². The third-order valence-electron chi connectivity index (χ3n) is 9.63. The Bertz CT molecular complexity index is 2710.